The van der Waals surface area contributed by atoms with E-state index in [1.807, 2.05) is 13.0 Å². The van der Waals surface area contributed by atoms with Crippen LogP contribution in [0.4, 0.5) is 5.69 Å². The van der Waals surface area contributed by atoms with Gasteiger partial charge in [-0.25, -0.2) is 0 Å². The molecule has 2 aromatic rings. The fourth-order valence-corrected chi connectivity index (χ4v) is 2.68. The van der Waals surface area contributed by atoms with Gasteiger partial charge in [0.2, 0.25) is 0 Å². The van der Waals surface area contributed by atoms with Crippen molar-refractivity contribution in [3.05, 3.63) is 62.6 Å². The summed E-state index contributed by atoms with van der Waals surface area (Å²) in [6, 6.07) is 13.0. The molecule has 1 nitrogen and oxygen atoms in total. The van der Waals surface area contributed by atoms with Gasteiger partial charge in [-0.15, -0.1) is 0 Å². The Morgan fingerprint density at radius 1 is 1.05 bits per heavy atom. The molecule has 20 heavy (non-hydrogen) atoms. The van der Waals surface area contributed by atoms with E-state index in [4.69, 9.17) is 11.6 Å². The highest BCUT2D eigenvalue weighted by Crippen LogP contribution is 2.30. The van der Waals surface area contributed by atoms with Crippen molar-refractivity contribution >= 4 is 33.2 Å². The summed E-state index contributed by atoms with van der Waals surface area (Å²) in [5.74, 6) is 0. The first-order chi connectivity index (χ1) is 9.40. The Bertz CT molecular complexity index is 569. The normalized spacial score (nSPS) is 12.3. The predicted octanol–water partition coefficient (Wildman–Crippen LogP) is 5.92. The van der Waals surface area contributed by atoms with Gasteiger partial charge in [0.05, 0.1) is 6.04 Å². The molecular weight excluding hydrogens is 334 g/mol. The molecule has 0 aromatic heterocycles. The highest BCUT2D eigenvalue weighted by molar-refractivity contribution is 9.10. The Kier molecular flexibility index (Phi) is 4.77. The van der Waals surface area contributed by atoms with Crippen LogP contribution < -0.4 is 4.90 Å². The molecule has 0 saturated heterocycles. The molecular formula is C17H19BrClN. The summed E-state index contributed by atoms with van der Waals surface area (Å²) in [6.07, 6.45) is 0. The quantitative estimate of drug-likeness (QED) is 0.663. The van der Waals surface area contributed by atoms with Gasteiger partial charge >= 0.3 is 0 Å². The van der Waals surface area contributed by atoms with Gasteiger partial charge in [0.15, 0.2) is 0 Å². The Morgan fingerprint density at radius 2 is 1.75 bits per heavy atom. The van der Waals surface area contributed by atoms with Crippen molar-refractivity contribution < 1.29 is 0 Å². The first kappa shape index (κ1) is 15.4. The smallest absolute Gasteiger partial charge is 0.0511 e. The summed E-state index contributed by atoms with van der Waals surface area (Å²) in [6.45, 7) is 6.35. The Labute approximate surface area is 134 Å². The maximum absolute atomic E-state index is 6.10. The van der Waals surface area contributed by atoms with E-state index in [1.165, 1.54) is 16.8 Å². The zero-order valence-corrected chi connectivity index (χ0v) is 14.6. The lowest BCUT2D eigenvalue weighted by atomic mass is 10.0. The Morgan fingerprint density at radius 3 is 2.35 bits per heavy atom. The topological polar surface area (TPSA) is 3.24 Å². The van der Waals surface area contributed by atoms with Crippen molar-refractivity contribution in [3.63, 3.8) is 0 Å². The molecule has 0 heterocycles. The van der Waals surface area contributed by atoms with E-state index in [-0.39, 0.29) is 0 Å². The number of hydrogen-bond donors (Lipinski definition) is 0. The van der Waals surface area contributed by atoms with E-state index in [0.29, 0.717) is 6.04 Å². The molecule has 0 bridgehead atoms. The van der Waals surface area contributed by atoms with Crippen LogP contribution in [0.2, 0.25) is 5.02 Å². The van der Waals surface area contributed by atoms with Gasteiger partial charge in [-0.2, -0.15) is 0 Å². The van der Waals surface area contributed by atoms with Gasteiger partial charge < -0.3 is 4.90 Å². The van der Waals surface area contributed by atoms with Crippen LogP contribution in [0.5, 0.6) is 0 Å². The lowest BCUT2D eigenvalue weighted by molar-refractivity contribution is 0.738. The van der Waals surface area contributed by atoms with Crippen LogP contribution in [0.3, 0.4) is 0 Å². The molecule has 106 valence electrons. The van der Waals surface area contributed by atoms with E-state index in [1.54, 1.807) is 0 Å². The third-order valence-corrected chi connectivity index (χ3v) is 5.09. The SMILES string of the molecule is Cc1cc(N(C)C(C)c2ccc(C)c(Br)c2)ccc1Cl. The molecule has 0 amide bonds. The van der Waals surface area contributed by atoms with E-state index < -0.39 is 0 Å². The van der Waals surface area contributed by atoms with Gasteiger partial charge in [-0.3, -0.25) is 0 Å². The lowest BCUT2D eigenvalue weighted by Gasteiger charge is -2.28. The van der Waals surface area contributed by atoms with Gasteiger partial charge in [0.25, 0.3) is 0 Å². The molecule has 0 aliphatic heterocycles. The summed E-state index contributed by atoms with van der Waals surface area (Å²) in [5, 5.41) is 0.813. The van der Waals surface area contributed by atoms with Crippen molar-refractivity contribution in [3.8, 4) is 0 Å². The van der Waals surface area contributed by atoms with Crippen LogP contribution in [0.15, 0.2) is 40.9 Å². The molecule has 1 unspecified atom stereocenters. The Balaban J connectivity index is 2.29. The van der Waals surface area contributed by atoms with Crippen molar-refractivity contribution in [1.29, 1.82) is 0 Å². The van der Waals surface area contributed by atoms with Crippen molar-refractivity contribution in [2.24, 2.45) is 0 Å². The van der Waals surface area contributed by atoms with Crippen LogP contribution in [0.25, 0.3) is 0 Å². The van der Waals surface area contributed by atoms with Crippen molar-refractivity contribution in [2.75, 3.05) is 11.9 Å². The Hall–Kier alpha value is -0.990. The largest absolute Gasteiger partial charge is 0.368 e. The monoisotopic (exact) mass is 351 g/mol. The summed E-state index contributed by atoms with van der Waals surface area (Å²) in [4.78, 5) is 2.26. The number of benzene rings is 2. The van der Waals surface area contributed by atoms with Crippen molar-refractivity contribution in [1.82, 2.24) is 0 Å². The van der Waals surface area contributed by atoms with Gasteiger partial charge in [-0.05, 0) is 61.7 Å². The molecule has 3 heteroatoms. The number of halogens is 2. The number of hydrogen-bond acceptors (Lipinski definition) is 1. The minimum absolute atomic E-state index is 0.299. The lowest BCUT2D eigenvalue weighted by Crippen LogP contribution is -2.21. The molecule has 0 fully saturated rings. The zero-order chi connectivity index (χ0) is 14.9. The minimum atomic E-state index is 0.299. The van der Waals surface area contributed by atoms with Crippen LogP contribution in [0, 0.1) is 13.8 Å². The molecule has 0 aliphatic carbocycles. The van der Waals surface area contributed by atoms with E-state index in [2.05, 4.69) is 72.1 Å². The molecule has 0 saturated carbocycles. The second-order valence-electron chi connectivity index (χ2n) is 5.23. The van der Waals surface area contributed by atoms with E-state index in [9.17, 15) is 0 Å². The second-order valence-corrected chi connectivity index (χ2v) is 6.49. The highest BCUT2D eigenvalue weighted by Gasteiger charge is 2.13. The van der Waals surface area contributed by atoms with Gasteiger partial charge in [0.1, 0.15) is 0 Å². The molecule has 1 atom stereocenters. The van der Waals surface area contributed by atoms with Crippen LogP contribution in [-0.2, 0) is 0 Å². The number of rotatable bonds is 3. The molecule has 2 aromatic carbocycles. The third-order valence-electron chi connectivity index (χ3n) is 3.81. The predicted molar refractivity (Wildman–Crippen MR) is 91.9 cm³/mol. The first-order valence-electron chi connectivity index (χ1n) is 6.65. The van der Waals surface area contributed by atoms with Crippen LogP contribution >= 0.6 is 27.5 Å². The van der Waals surface area contributed by atoms with Gasteiger partial charge in [0, 0.05) is 22.2 Å². The van der Waals surface area contributed by atoms with Crippen LogP contribution in [-0.4, -0.2) is 7.05 Å². The number of anilines is 1. The number of nitrogens with zero attached hydrogens (tertiary/aromatic N) is 1. The van der Waals surface area contributed by atoms with E-state index >= 15 is 0 Å². The van der Waals surface area contributed by atoms with E-state index in [0.717, 1.165) is 15.1 Å². The molecule has 0 N–H and O–H groups in total. The second kappa shape index (κ2) is 6.19. The highest BCUT2D eigenvalue weighted by atomic mass is 79.9. The molecule has 0 aliphatic rings. The summed E-state index contributed by atoms with van der Waals surface area (Å²) in [5.41, 5.74) is 4.83. The fourth-order valence-electron chi connectivity index (χ4n) is 2.16. The molecule has 2 rings (SSSR count). The summed E-state index contributed by atoms with van der Waals surface area (Å²) < 4.78 is 1.16. The standard InChI is InChI=1S/C17H19BrClN/c1-11-5-6-14(10-16(11)18)13(3)20(4)15-7-8-17(19)12(2)9-15/h5-10,13H,1-4H3. The first-order valence-corrected chi connectivity index (χ1v) is 7.82. The maximum Gasteiger partial charge on any atom is 0.0511 e. The number of aryl methyl sites for hydroxylation is 2. The fraction of sp³-hybridized carbons (Fsp3) is 0.294. The minimum Gasteiger partial charge on any atom is -0.368 e. The summed E-state index contributed by atoms with van der Waals surface area (Å²) in [7, 11) is 2.11. The zero-order valence-electron chi connectivity index (χ0n) is 12.2. The maximum atomic E-state index is 6.10. The average Bonchev–Trinajstić information content (AvgIpc) is 2.43. The van der Waals surface area contributed by atoms with Gasteiger partial charge in [-0.1, -0.05) is 39.7 Å². The third kappa shape index (κ3) is 3.18. The summed E-state index contributed by atoms with van der Waals surface area (Å²) >= 11 is 9.70. The molecule has 0 spiro atoms. The average molecular weight is 353 g/mol. The molecule has 0 radical (unpaired) electrons. The van der Waals surface area contributed by atoms with Crippen LogP contribution in [0.1, 0.15) is 29.7 Å². The van der Waals surface area contributed by atoms with Crippen molar-refractivity contribution in [2.45, 2.75) is 26.8 Å².